The summed E-state index contributed by atoms with van der Waals surface area (Å²) in [6, 6.07) is 5.78. The fourth-order valence-electron chi connectivity index (χ4n) is 3.04. The molecular formula is C15H22FN. The van der Waals surface area contributed by atoms with Gasteiger partial charge < -0.3 is 5.32 Å². The Labute approximate surface area is 103 Å². The number of hydrogen-bond donors (Lipinski definition) is 1. The molecule has 1 nitrogen and oxygen atoms in total. The second-order valence-electron chi connectivity index (χ2n) is 6.26. The van der Waals surface area contributed by atoms with Crippen molar-refractivity contribution in [1.29, 1.82) is 0 Å². The van der Waals surface area contributed by atoms with Gasteiger partial charge in [-0.2, -0.15) is 0 Å². The Morgan fingerprint density at radius 3 is 2.53 bits per heavy atom. The third-order valence-corrected chi connectivity index (χ3v) is 3.84. The fourth-order valence-corrected chi connectivity index (χ4v) is 3.04. The number of halogens is 1. The van der Waals surface area contributed by atoms with Crippen molar-refractivity contribution in [3.8, 4) is 0 Å². The van der Waals surface area contributed by atoms with Crippen LogP contribution in [0, 0.1) is 24.1 Å². The molecule has 0 aliphatic heterocycles. The van der Waals surface area contributed by atoms with E-state index in [9.17, 15) is 4.39 Å². The van der Waals surface area contributed by atoms with E-state index in [1.165, 1.54) is 12.8 Å². The van der Waals surface area contributed by atoms with Gasteiger partial charge in [-0.15, -0.1) is 0 Å². The SMILES string of the molecule is Cc1cc(NC2CC(C)(C)CC2C)ccc1F. The lowest BCUT2D eigenvalue weighted by molar-refractivity contribution is 0.366. The number of anilines is 1. The minimum atomic E-state index is -0.129. The first-order chi connectivity index (χ1) is 7.87. The van der Waals surface area contributed by atoms with Gasteiger partial charge in [0.2, 0.25) is 0 Å². The fraction of sp³-hybridized carbons (Fsp3) is 0.600. The van der Waals surface area contributed by atoms with Crippen LogP contribution in [0.2, 0.25) is 0 Å². The Bertz CT molecular complexity index is 411. The molecule has 0 aromatic heterocycles. The normalized spacial score (nSPS) is 27.1. The van der Waals surface area contributed by atoms with Crippen LogP contribution in [0.15, 0.2) is 18.2 Å². The molecule has 1 aliphatic carbocycles. The van der Waals surface area contributed by atoms with Gasteiger partial charge in [-0.3, -0.25) is 0 Å². The quantitative estimate of drug-likeness (QED) is 0.802. The molecule has 0 heterocycles. The van der Waals surface area contributed by atoms with Gasteiger partial charge in [0.15, 0.2) is 0 Å². The zero-order valence-corrected chi connectivity index (χ0v) is 11.2. The van der Waals surface area contributed by atoms with Gasteiger partial charge in [-0.25, -0.2) is 4.39 Å². The maximum Gasteiger partial charge on any atom is 0.126 e. The predicted molar refractivity (Wildman–Crippen MR) is 70.7 cm³/mol. The Hall–Kier alpha value is -1.05. The van der Waals surface area contributed by atoms with Crippen molar-refractivity contribution in [3.63, 3.8) is 0 Å². The van der Waals surface area contributed by atoms with Crippen LogP contribution in [-0.2, 0) is 0 Å². The molecule has 2 atom stereocenters. The highest BCUT2D eigenvalue weighted by Gasteiger charge is 2.36. The summed E-state index contributed by atoms with van der Waals surface area (Å²) in [5.74, 6) is 0.547. The minimum absolute atomic E-state index is 0.129. The average molecular weight is 235 g/mol. The lowest BCUT2D eigenvalue weighted by Gasteiger charge is -2.20. The highest BCUT2D eigenvalue weighted by Crippen LogP contribution is 2.42. The van der Waals surface area contributed by atoms with Crippen molar-refractivity contribution in [3.05, 3.63) is 29.6 Å². The van der Waals surface area contributed by atoms with Crippen LogP contribution in [0.4, 0.5) is 10.1 Å². The average Bonchev–Trinajstić information content (AvgIpc) is 2.46. The van der Waals surface area contributed by atoms with E-state index in [1.54, 1.807) is 6.07 Å². The smallest absolute Gasteiger partial charge is 0.126 e. The van der Waals surface area contributed by atoms with Crippen LogP contribution in [0.1, 0.15) is 39.2 Å². The van der Waals surface area contributed by atoms with E-state index in [4.69, 9.17) is 0 Å². The monoisotopic (exact) mass is 235 g/mol. The largest absolute Gasteiger partial charge is 0.382 e. The molecule has 0 amide bonds. The summed E-state index contributed by atoms with van der Waals surface area (Å²) >= 11 is 0. The third kappa shape index (κ3) is 2.80. The molecular weight excluding hydrogens is 213 g/mol. The zero-order valence-electron chi connectivity index (χ0n) is 11.2. The Kier molecular flexibility index (Phi) is 3.15. The molecule has 2 unspecified atom stereocenters. The first-order valence-electron chi connectivity index (χ1n) is 6.40. The van der Waals surface area contributed by atoms with Crippen molar-refractivity contribution < 1.29 is 4.39 Å². The predicted octanol–water partition coefficient (Wildman–Crippen LogP) is 4.37. The van der Waals surface area contributed by atoms with Gasteiger partial charge in [-0.1, -0.05) is 20.8 Å². The number of benzene rings is 1. The van der Waals surface area contributed by atoms with E-state index in [0.29, 0.717) is 22.9 Å². The Morgan fingerprint density at radius 1 is 1.29 bits per heavy atom. The molecule has 1 aromatic carbocycles. The van der Waals surface area contributed by atoms with Gasteiger partial charge in [0, 0.05) is 11.7 Å². The second-order valence-corrected chi connectivity index (χ2v) is 6.26. The van der Waals surface area contributed by atoms with E-state index in [2.05, 4.69) is 26.1 Å². The van der Waals surface area contributed by atoms with Crippen LogP contribution in [0.3, 0.4) is 0 Å². The van der Waals surface area contributed by atoms with Crippen LogP contribution in [0.25, 0.3) is 0 Å². The summed E-state index contributed by atoms with van der Waals surface area (Å²) in [4.78, 5) is 0. The minimum Gasteiger partial charge on any atom is -0.382 e. The van der Waals surface area contributed by atoms with Crippen LogP contribution in [-0.4, -0.2) is 6.04 Å². The summed E-state index contributed by atoms with van der Waals surface area (Å²) in [5, 5.41) is 3.55. The molecule has 1 N–H and O–H groups in total. The van der Waals surface area contributed by atoms with Gasteiger partial charge in [0.1, 0.15) is 5.82 Å². The van der Waals surface area contributed by atoms with Crippen LogP contribution >= 0.6 is 0 Å². The Morgan fingerprint density at radius 2 is 2.00 bits per heavy atom. The van der Waals surface area contributed by atoms with E-state index in [0.717, 1.165) is 5.69 Å². The summed E-state index contributed by atoms with van der Waals surface area (Å²) in [7, 11) is 0. The number of rotatable bonds is 2. The number of hydrogen-bond acceptors (Lipinski definition) is 1. The lowest BCUT2D eigenvalue weighted by Crippen LogP contribution is -2.22. The maximum atomic E-state index is 13.2. The van der Waals surface area contributed by atoms with Crippen molar-refractivity contribution in [2.24, 2.45) is 11.3 Å². The molecule has 1 fully saturated rings. The standard InChI is InChI=1S/C15H22FN/c1-10-7-12(5-6-13(10)16)17-14-9-15(3,4)8-11(14)2/h5-7,11,14,17H,8-9H2,1-4H3. The van der Waals surface area contributed by atoms with Crippen molar-refractivity contribution in [1.82, 2.24) is 0 Å². The molecule has 0 radical (unpaired) electrons. The van der Waals surface area contributed by atoms with Crippen LogP contribution in [0.5, 0.6) is 0 Å². The van der Waals surface area contributed by atoms with E-state index in [-0.39, 0.29) is 5.82 Å². The molecule has 0 bridgehead atoms. The summed E-state index contributed by atoms with van der Waals surface area (Å²) < 4.78 is 13.2. The summed E-state index contributed by atoms with van der Waals surface area (Å²) in [5.41, 5.74) is 2.17. The number of nitrogens with one attached hydrogen (secondary N) is 1. The second kappa shape index (κ2) is 4.32. The molecule has 17 heavy (non-hydrogen) atoms. The molecule has 2 heteroatoms. The van der Waals surface area contributed by atoms with E-state index >= 15 is 0 Å². The summed E-state index contributed by atoms with van der Waals surface area (Å²) in [6.07, 6.45) is 2.44. The maximum absolute atomic E-state index is 13.2. The highest BCUT2D eigenvalue weighted by molar-refractivity contribution is 5.47. The molecule has 1 saturated carbocycles. The molecule has 1 aromatic rings. The van der Waals surface area contributed by atoms with Gasteiger partial charge in [0.05, 0.1) is 0 Å². The molecule has 94 valence electrons. The third-order valence-electron chi connectivity index (χ3n) is 3.84. The van der Waals surface area contributed by atoms with Crippen molar-refractivity contribution >= 4 is 5.69 Å². The van der Waals surface area contributed by atoms with Crippen molar-refractivity contribution in [2.45, 2.75) is 46.6 Å². The zero-order chi connectivity index (χ0) is 12.6. The van der Waals surface area contributed by atoms with Crippen molar-refractivity contribution in [2.75, 3.05) is 5.32 Å². The molecule has 0 saturated heterocycles. The molecule has 1 aliphatic rings. The van der Waals surface area contributed by atoms with Gasteiger partial charge in [0.25, 0.3) is 0 Å². The topological polar surface area (TPSA) is 12.0 Å². The molecule has 2 rings (SSSR count). The molecule has 0 spiro atoms. The first kappa shape index (κ1) is 12.4. The number of aryl methyl sites for hydroxylation is 1. The first-order valence-corrected chi connectivity index (χ1v) is 6.40. The van der Waals surface area contributed by atoms with Gasteiger partial charge >= 0.3 is 0 Å². The lowest BCUT2D eigenvalue weighted by atomic mass is 9.91. The van der Waals surface area contributed by atoms with E-state index in [1.807, 2.05) is 19.1 Å². The van der Waals surface area contributed by atoms with Gasteiger partial charge in [-0.05, 0) is 54.9 Å². The highest BCUT2D eigenvalue weighted by atomic mass is 19.1. The van der Waals surface area contributed by atoms with Crippen LogP contribution < -0.4 is 5.32 Å². The van der Waals surface area contributed by atoms with E-state index < -0.39 is 0 Å². The Balaban J connectivity index is 2.08. The summed E-state index contributed by atoms with van der Waals surface area (Å²) in [6.45, 7) is 8.74.